The maximum absolute atomic E-state index is 14.4. The minimum absolute atomic E-state index is 0.0137. The summed E-state index contributed by atoms with van der Waals surface area (Å²) >= 11 is 11.7. The summed E-state index contributed by atoms with van der Waals surface area (Å²) in [6.45, 7) is 0. The summed E-state index contributed by atoms with van der Waals surface area (Å²) in [7, 11) is -4.17. The molecule has 0 spiro atoms. The van der Waals surface area contributed by atoms with Crippen molar-refractivity contribution in [3.05, 3.63) is 87.9 Å². The van der Waals surface area contributed by atoms with Gasteiger partial charge in [0, 0.05) is 5.02 Å². The summed E-state index contributed by atoms with van der Waals surface area (Å²) < 4.78 is 54.5. The highest BCUT2D eigenvalue weighted by molar-refractivity contribution is 7.92. The van der Waals surface area contributed by atoms with Crippen molar-refractivity contribution in [2.75, 3.05) is 10.0 Å². The number of anilines is 2. The maximum atomic E-state index is 14.4. The molecule has 3 aromatic carbocycles. The number of halogens is 4. The van der Waals surface area contributed by atoms with Gasteiger partial charge in [-0.1, -0.05) is 29.3 Å². The van der Waals surface area contributed by atoms with Gasteiger partial charge in [-0.15, -0.1) is 0 Å². The van der Waals surface area contributed by atoms with Gasteiger partial charge < -0.3 is 5.32 Å². The van der Waals surface area contributed by atoms with Crippen molar-refractivity contribution in [1.29, 1.82) is 0 Å². The van der Waals surface area contributed by atoms with Crippen LogP contribution in [-0.2, 0) is 10.0 Å². The van der Waals surface area contributed by atoms with Gasteiger partial charge in [0.25, 0.3) is 15.9 Å². The van der Waals surface area contributed by atoms with E-state index in [1.165, 1.54) is 30.3 Å². The lowest BCUT2D eigenvalue weighted by molar-refractivity contribution is 0.102. The second kappa shape index (κ2) is 8.36. The molecular formula is C19H12Cl2F2N2O3S. The van der Waals surface area contributed by atoms with Crippen LogP contribution < -0.4 is 10.0 Å². The monoisotopic (exact) mass is 456 g/mol. The number of hydrogen-bond acceptors (Lipinski definition) is 3. The number of sulfonamides is 1. The molecule has 5 nitrogen and oxygen atoms in total. The third kappa shape index (κ3) is 5.03. The molecule has 0 aromatic heterocycles. The van der Waals surface area contributed by atoms with Crippen LogP contribution in [0.5, 0.6) is 0 Å². The van der Waals surface area contributed by atoms with E-state index < -0.39 is 32.5 Å². The van der Waals surface area contributed by atoms with E-state index >= 15 is 0 Å². The number of carbonyl (C=O) groups is 1. The summed E-state index contributed by atoms with van der Waals surface area (Å²) in [6.07, 6.45) is 0. The molecule has 0 saturated heterocycles. The van der Waals surface area contributed by atoms with Crippen LogP contribution in [0.2, 0.25) is 10.0 Å². The normalized spacial score (nSPS) is 11.2. The fraction of sp³-hybridized carbons (Fsp3) is 0. The molecule has 0 aliphatic heterocycles. The minimum Gasteiger partial charge on any atom is -0.319 e. The van der Waals surface area contributed by atoms with Crippen LogP contribution in [0.3, 0.4) is 0 Å². The van der Waals surface area contributed by atoms with Gasteiger partial charge >= 0.3 is 0 Å². The first-order valence-corrected chi connectivity index (χ1v) is 10.2. The Balaban J connectivity index is 1.81. The van der Waals surface area contributed by atoms with E-state index in [4.69, 9.17) is 23.2 Å². The zero-order valence-electron chi connectivity index (χ0n) is 14.4. The molecule has 29 heavy (non-hydrogen) atoms. The lowest BCUT2D eigenvalue weighted by Gasteiger charge is -2.11. The molecule has 0 heterocycles. The first-order valence-electron chi connectivity index (χ1n) is 8.00. The Hall–Kier alpha value is -2.68. The van der Waals surface area contributed by atoms with Crippen LogP contribution in [0, 0.1) is 11.6 Å². The molecule has 0 aliphatic rings. The zero-order chi connectivity index (χ0) is 21.2. The molecule has 0 aliphatic carbocycles. The number of nitrogens with one attached hydrogen (secondary N) is 2. The molecule has 3 rings (SSSR count). The Morgan fingerprint density at radius 2 is 1.69 bits per heavy atom. The standard InChI is InChI=1S/C19H12Cl2F2N2O3S/c20-11-4-6-15(16(21)8-11)19(26)24-18-7-5-14(10-17(18)23)29(27,28)25-13-3-1-2-12(22)9-13/h1-10,25H,(H,24,26). The van der Waals surface area contributed by atoms with Crippen molar-refractivity contribution in [1.82, 2.24) is 0 Å². The SMILES string of the molecule is O=C(Nc1ccc(S(=O)(=O)Nc2cccc(F)c2)cc1F)c1ccc(Cl)cc1Cl. The number of carbonyl (C=O) groups excluding carboxylic acids is 1. The summed E-state index contributed by atoms with van der Waals surface area (Å²) in [5, 5.41) is 2.73. The highest BCUT2D eigenvalue weighted by Gasteiger charge is 2.19. The number of hydrogen-bond donors (Lipinski definition) is 2. The summed E-state index contributed by atoms with van der Waals surface area (Å²) in [4.78, 5) is 11.9. The van der Waals surface area contributed by atoms with E-state index in [1.54, 1.807) is 0 Å². The predicted octanol–water partition coefficient (Wildman–Crippen LogP) is 5.32. The lowest BCUT2D eigenvalue weighted by Crippen LogP contribution is -2.16. The van der Waals surface area contributed by atoms with Gasteiger partial charge in [0.15, 0.2) is 0 Å². The van der Waals surface area contributed by atoms with Crippen LogP contribution in [0.25, 0.3) is 0 Å². The topological polar surface area (TPSA) is 75.3 Å². The quantitative estimate of drug-likeness (QED) is 0.544. The predicted molar refractivity (Wildman–Crippen MR) is 108 cm³/mol. The minimum atomic E-state index is -4.17. The van der Waals surface area contributed by atoms with Gasteiger partial charge in [-0.05, 0) is 54.6 Å². The van der Waals surface area contributed by atoms with Crippen LogP contribution >= 0.6 is 23.2 Å². The van der Waals surface area contributed by atoms with Crippen LogP contribution in [0.1, 0.15) is 10.4 Å². The van der Waals surface area contributed by atoms with Gasteiger partial charge in [0.2, 0.25) is 0 Å². The fourth-order valence-electron chi connectivity index (χ4n) is 2.39. The van der Waals surface area contributed by atoms with Crippen molar-refractivity contribution in [3.63, 3.8) is 0 Å². The van der Waals surface area contributed by atoms with Crippen molar-refractivity contribution in [3.8, 4) is 0 Å². The molecule has 0 atom stereocenters. The van der Waals surface area contributed by atoms with Crippen molar-refractivity contribution in [2.24, 2.45) is 0 Å². The highest BCUT2D eigenvalue weighted by Crippen LogP contribution is 2.25. The molecule has 0 radical (unpaired) electrons. The maximum Gasteiger partial charge on any atom is 0.261 e. The third-order valence-corrected chi connectivity index (χ3v) is 5.68. The summed E-state index contributed by atoms with van der Waals surface area (Å²) in [5.41, 5.74) is -0.189. The van der Waals surface area contributed by atoms with Gasteiger partial charge in [-0.3, -0.25) is 9.52 Å². The van der Waals surface area contributed by atoms with Gasteiger partial charge in [-0.25, -0.2) is 17.2 Å². The van der Waals surface area contributed by atoms with E-state index in [1.807, 2.05) is 0 Å². The number of benzene rings is 3. The molecule has 2 N–H and O–H groups in total. The van der Waals surface area contributed by atoms with Crippen LogP contribution in [0.4, 0.5) is 20.2 Å². The Labute approximate surface area is 175 Å². The molecular weight excluding hydrogens is 445 g/mol. The second-order valence-corrected chi connectivity index (χ2v) is 8.36. The van der Waals surface area contributed by atoms with E-state index in [-0.39, 0.29) is 22.0 Å². The zero-order valence-corrected chi connectivity index (χ0v) is 16.7. The van der Waals surface area contributed by atoms with E-state index in [9.17, 15) is 22.0 Å². The van der Waals surface area contributed by atoms with Crippen molar-refractivity contribution in [2.45, 2.75) is 4.90 Å². The Morgan fingerprint density at radius 3 is 2.34 bits per heavy atom. The Kier molecular flexibility index (Phi) is 6.07. The van der Waals surface area contributed by atoms with E-state index in [0.717, 1.165) is 30.3 Å². The fourth-order valence-corrected chi connectivity index (χ4v) is 3.95. The molecule has 0 unspecified atom stereocenters. The molecule has 10 heteroatoms. The van der Waals surface area contributed by atoms with Gasteiger partial charge in [-0.2, -0.15) is 0 Å². The summed E-state index contributed by atoms with van der Waals surface area (Å²) in [6, 6.07) is 11.9. The molecule has 0 fully saturated rings. The molecule has 150 valence electrons. The summed E-state index contributed by atoms with van der Waals surface area (Å²) in [5.74, 6) is -2.31. The average Bonchev–Trinajstić information content (AvgIpc) is 2.62. The van der Waals surface area contributed by atoms with E-state index in [0.29, 0.717) is 5.02 Å². The highest BCUT2D eigenvalue weighted by atomic mass is 35.5. The average molecular weight is 457 g/mol. The molecule has 1 amide bonds. The Bertz CT molecular complexity index is 1200. The third-order valence-electron chi connectivity index (χ3n) is 3.75. The molecule has 3 aromatic rings. The first kappa shape index (κ1) is 21.0. The van der Waals surface area contributed by atoms with Crippen LogP contribution in [-0.4, -0.2) is 14.3 Å². The largest absolute Gasteiger partial charge is 0.319 e. The van der Waals surface area contributed by atoms with E-state index in [2.05, 4.69) is 10.0 Å². The van der Waals surface area contributed by atoms with Crippen LogP contribution in [0.15, 0.2) is 65.6 Å². The second-order valence-electron chi connectivity index (χ2n) is 5.84. The van der Waals surface area contributed by atoms with Gasteiger partial charge in [0.1, 0.15) is 11.6 Å². The molecule has 0 bridgehead atoms. The number of amides is 1. The smallest absolute Gasteiger partial charge is 0.261 e. The van der Waals surface area contributed by atoms with Crippen molar-refractivity contribution < 1.29 is 22.0 Å². The Morgan fingerprint density at radius 1 is 0.931 bits per heavy atom. The van der Waals surface area contributed by atoms with Gasteiger partial charge in [0.05, 0.1) is 26.9 Å². The van der Waals surface area contributed by atoms with Crippen molar-refractivity contribution >= 4 is 50.5 Å². The lowest BCUT2D eigenvalue weighted by atomic mass is 10.2. The molecule has 0 saturated carbocycles. The first-order chi connectivity index (χ1) is 13.7. The number of rotatable bonds is 5.